The van der Waals surface area contributed by atoms with E-state index in [0.717, 1.165) is 0 Å². The van der Waals surface area contributed by atoms with Crippen molar-refractivity contribution in [2.24, 2.45) is 0 Å². The molecular weight excluding hydrogens is 447 g/mol. The van der Waals surface area contributed by atoms with E-state index in [9.17, 15) is 13.2 Å². The number of aromatic nitrogens is 5. The fourth-order valence-corrected chi connectivity index (χ4v) is 3.13. The Hall–Kier alpha value is -3.87. The van der Waals surface area contributed by atoms with Gasteiger partial charge in [-0.15, -0.1) is 10.2 Å². The summed E-state index contributed by atoms with van der Waals surface area (Å²) in [7, 11) is 0. The van der Waals surface area contributed by atoms with E-state index in [1.807, 2.05) is 0 Å². The molecule has 0 saturated carbocycles. The summed E-state index contributed by atoms with van der Waals surface area (Å²) < 4.78 is 47.4. The minimum atomic E-state index is -2.90. The molecule has 2 heterocycles. The Kier molecular flexibility index (Phi) is 6.35. The summed E-state index contributed by atoms with van der Waals surface area (Å²) >= 11 is 1.18. The zero-order valence-corrected chi connectivity index (χ0v) is 16.9. The van der Waals surface area contributed by atoms with Crippen LogP contribution in [0.5, 0.6) is 5.75 Å². The minimum Gasteiger partial charge on any atom is -0.435 e. The van der Waals surface area contributed by atoms with Crippen LogP contribution in [0.1, 0.15) is 5.82 Å². The van der Waals surface area contributed by atoms with Crippen LogP contribution < -0.4 is 15.8 Å². The molecule has 0 fully saturated rings. The third kappa shape index (κ3) is 5.63. The summed E-state index contributed by atoms with van der Waals surface area (Å²) in [6.07, 6.45) is 0. The summed E-state index contributed by atoms with van der Waals surface area (Å²) in [5, 5.41) is 11.1. The van der Waals surface area contributed by atoms with Gasteiger partial charge in [0, 0.05) is 11.3 Å². The van der Waals surface area contributed by atoms with E-state index in [0.29, 0.717) is 17.1 Å². The van der Waals surface area contributed by atoms with Gasteiger partial charge in [-0.05, 0) is 48.5 Å². The van der Waals surface area contributed by atoms with Gasteiger partial charge in [0.05, 0.1) is 5.75 Å². The van der Waals surface area contributed by atoms with Gasteiger partial charge in [0.2, 0.25) is 17.8 Å². The highest BCUT2D eigenvalue weighted by Gasteiger charge is 2.12. The molecule has 0 spiro atoms. The molecule has 9 nitrogen and oxygen atoms in total. The van der Waals surface area contributed by atoms with Crippen LogP contribution in [0.15, 0.2) is 58.2 Å². The average molecular weight is 461 g/mol. The Morgan fingerprint density at radius 1 is 1.00 bits per heavy atom. The zero-order chi connectivity index (χ0) is 22.5. The highest BCUT2D eigenvalue weighted by molar-refractivity contribution is 7.98. The van der Waals surface area contributed by atoms with Crippen LogP contribution in [0.25, 0.3) is 11.5 Å². The largest absolute Gasteiger partial charge is 0.435 e. The monoisotopic (exact) mass is 461 g/mol. The molecule has 0 unspecified atom stereocenters. The first-order valence-electron chi connectivity index (χ1n) is 8.99. The predicted octanol–water partition coefficient (Wildman–Crippen LogP) is 4.28. The maximum atomic E-state index is 13.0. The Morgan fingerprint density at radius 2 is 1.75 bits per heavy atom. The summed E-state index contributed by atoms with van der Waals surface area (Å²) in [4.78, 5) is 12.4. The number of nitrogens with zero attached hydrogens (tertiary/aromatic N) is 5. The molecule has 0 radical (unpaired) electrons. The Morgan fingerprint density at radius 3 is 2.47 bits per heavy atom. The van der Waals surface area contributed by atoms with Crippen LogP contribution in [0.4, 0.5) is 30.8 Å². The van der Waals surface area contributed by atoms with Gasteiger partial charge in [0.15, 0.2) is 0 Å². The number of halogens is 3. The molecule has 2 aromatic heterocycles. The molecule has 0 aliphatic rings. The number of anilines is 3. The second kappa shape index (κ2) is 9.51. The maximum absolute atomic E-state index is 13.0. The van der Waals surface area contributed by atoms with E-state index in [-0.39, 0.29) is 40.3 Å². The van der Waals surface area contributed by atoms with E-state index in [2.05, 4.69) is 35.2 Å². The topological polar surface area (TPSA) is 125 Å². The molecule has 0 aliphatic carbocycles. The van der Waals surface area contributed by atoms with Crippen molar-refractivity contribution in [3.63, 3.8) is 0 Å². The third-order valence-corrected chi connectivity index (χ3v) is 4.67. The molecule has 164 valence electrons. The van der Waals surface area contributed by atoms with Crippen molar-refractivity contribution < 1.29 is 22.3 Å². The van der Waals surface area contributed by atoms with Gasteiger partial charge in [0.1, 0.15) is 17.4 Å². The maximum Gasteiger partial charge on any atom is 0.387 e. The number of rotatable bonds is 8. The van der Waals surface area contributed by atoms with Gasteiger partial charge in [0.25, 0.3) is 5.22 Å². The van der Waals surface area contributed by atoms with Crippen molar-refractivity contribution in [2.75, 3.05) is 11.1 Å². The van der Waals surface area contributed by atoms with E-state index < -0.39 is 6.61 Å². The number of ether oxygens (including phenoxy) is 1. The number of nitrogen functional groups attached to an aromatic ring is 1. The summed E-state index contributed by atoms with van der Waals surface area (Å²) in [5.74, 6) is 0.711. The van der Waals surface area contributed by atoms with E-state index in [1.165, 1.54) is 60.3 Å². The van der Waals surface area contributed by atoms with Gasteiger partial charge in [-0.3, -0.25) is 0 Å². The lowest BCUT2D eigenvalue weighted by molar-refractivity contribution is -0.0498. The molecule has 4 aromatic rings. The quantitative estimate of drug-likeness (QED) is 0.367. The van der Waals surface area contributed by atoms with Crippen LogP contribution in [0.3, 0.4) is 0 Å². The van der Waals surface area contributed by atoms with Crippen molar-refractivity contribution in [3.05, 3.63) is 60.2 Å². The van der Waals surface area contributed by atoms with Gasteiger partial charge >= 0.3 is 6.61 Å². The second-order valence-electron chi connectivity index (χ2n) is 6.13. The molecular formula is C19H14F3N7O2S. The lowest BCUT2D eigenvalue weighted by Crippen LogP contribution is -2.06. The van der Waals surface area contributed by atoms with Gasteiger partial charge < -0.3 is 20.2 Å². The summed E-state index contributed by atoms with van der Waals surface area (Å²) in [6, 6.07) is 11.5. The Labute approximate surface area is 183 Å². The van der Waals surface area contributed by atoms with Crippen molar-refractivity contribution in [1.82, 2.24) is 25.1 Å². The number of hydrogen-bond donors (Lipinski definition) is 2. The average Bonchev–Trinajstić information content (AvgIpc) is 3.23. The standard InChI is InChI=1S/C19H14F3N7O2S/c20-11-3-5-12(6-4-11)24-18-26-14(25-17(23)27-18)9-32-19-29-28-15(31-19)10-1-7-13(8-2-10)30-16(21)22/h1-8,16H,9H2,(H3,23,24,25,26,27). The summed E-state index contributed by atoms with van der Waals surface area (Å²) in [6.45, 7) is -2.90. The number of nitrogens with two attached hydrogens (primary N) is 1. The molecule has 0 atom stereocenters. The first kappa shape index (κ1) is 21.4. The first-order chi connectivity index (χ1) is 15.4. The van der Waals surface area contributed by atoms with Crippen molar-refractivity contribution in [3.8, 4) is 17.2 Å². The van der Waals surface area contributed by atoms with Crippen LogP contribution >= 0.6 is 11.8 Å². The van der Waals surface area contributed by atoms with Gasteiger partial charge in [-0.2, -0.15) is 23.7 Å². The third-order valence-electron chi connectivity index (χ3n) is 3.86. The van der Waals surface area contributed by atoms with Gasteiger partial charge in [-0.25, -0.2) is 4.39 Å². The Balaban J connectivity index is 1.40. The molecule has 0 saturated heterocycles. The van der Waals surface area contributed by atoms with Crippen LogP contribution in [0, 0.1) is 5.82 Å². The van der Waals surface area contributed by atoms with Crippen LogP contribution in [0.2, 0.25) is 0 Å². The smallest absolute Gasteiger partial charge is 0.387 e. The van der Waals surface area contributed by atoms with E-state index in [4.69, 9.17) is 10.2 Å². The van der Waals surface area contributed by atoms with E-state index >= 15 is 0 Å². The van der Waals surface area contributed by atoms with E-state index in [1.54, 1.807) is 0 Å². The highest BCUT2D eigenvalue weighted by atomic mass is 32.2. The minimum absolute atomic E-state index is 0.0116. The van der Waals surface area contributed by atoms with Gasteiger partial charge in [-0.1, -0.05) is 11.8 Å². The fourth-order valence-electron chi connectivity index (χ4n) is 2.51. The van der Waals surface area contributed by atoms with Crippen molar-refractivity contribution in [2.45, 2.75) is 17.6 Å². The van der Waals surface area contributed by atoms with Crippen LogP contribution in [-0.4, -0.2) is 31.8 Å². The number of alkyl halides is 2. The number of thioether (sulfide) groups is 1. The number of hydrogen-bond acceptors (Lipinski definition) is 10. The lowest BCUT2D eigenvalue weighted by Gasteiger charge is -2.06. The fraction of sp³-hybridized carbons (Fsp3) is 0.105. The molecule has 0 bridgehead atoms. The summed E-state index contributed by atoms with van der Waals surface area (Å²) in [5.41, 5.74) is 6.88. The second-order valence-corrected chi connectivity index (χ2v) is 7.06. The van der Waals surface area contributed by atoms with Crippen LogP contribution in [-0.2, 0) is 5.75 Å². The Bertz CT molecular complexity index is 1190. The molecule has 2 aromatic carbocycles. The predicted molar refractivity (Wildman–Crippen MR) is 110 cm³/mol. The molecule has 32 heavy (non-hydrogen) atoms. The van der Waals surface area contributed by atoms with Crippen molar-refractivity contribution in [1.29, 1.82) is 0 Å². The molecule has 4 rings (SSSR count). The SMILES string of the molecule is Nc1nc(CSc2nnc(-c3ccc(OC(F)F)cc3)o2)nc(Nc2ccc(F)cc2)n1. The highest BCUT2D eigenvalue weighted by Crippen LogP contribution is 2.27. The zero-order valence-electron chi connectivity index (χ0n) is 16.1. The molecule has 3 N–H and O–H groups in total. The molecule has 0 aliphatic heterocycles. The lowest BCUT2D eigenvalue weighted by atomic mass is 10.2. The first-order valence-corrected chi connectivity index (χ1v) is 9.98. The normalized spacial score (nSPS) is 11.0. The number of benzene rings is 2. The molecule has 13 heteroatoms. The molecule has 0 amide bonds. The number of nitrogens with one attached hydrogen (secondary N) is 1. The van der Waals surface area contributed by atoms with Crippen molar-refractivity contribution >= 4 is 29.3 Å².